The molecular formula is C17H13N3O2. The first kappa shape index (κ1) is 13.8. The second kappa shape index (κ2) is 6.05. The topological polar surface area (TPSA) is 78.9 Å². The van der Waals surface area contributed by atoms with Crippen LogP contribution in [0.15, 0.2) is 48.8 Å². The molecule has 22 heavy (non-hydrogen) atoms. The van der Waals surface area contributed by atoms with Crippen molar-refractivity contribution in [3.63, 3.8) is 0 Å². The Morgan fingerprint density at radius 2 is 2.05 bits per heavy atom. The summed E-state index contributed by atoms with van der Waals surface area (Å²) in [5.74, 6) is -0.969. The molecule has 3 rings (SSSR count). The lowest BCUT2D eigenvalue weighted by Crippen LogP contribution is -1.85. The zero-order chi connectivity index (χ0) is 15.4. The molecule has 108 valence electrons. The van der Waals surface area contributed by atoms with Crippen LogP contribution in [0.1, 0.15) is 16.8 Å². The van der Waals surface area contributed by atoms with E-state index in [1.165, 1.54) is 0 Å². The van der Waals surface area contributed by atoms with Gasteiger partial charge >= 0.3 is 5.97 Å². The van der Waals surface area contributed by atoms with Gasteiger partial charge in [0.2, 0.25) is 0 Å². The molecule has 1 aromatic carbocycles. The van der Waals surface area contributed by atoms with Crippen LogP contribution in [0.3, 0.4) is 0 Å². The predicted octanol–water partition coefficient (Wildman–Crippen LogP) is 3.23. The van der Waals surface area contributed by atoms with Crippen LogP contribution in [0.5, 0.6) is 0 Å². The van der Waals surface area contributed by atoms with Crippen molar-refractivity contribution in [3.8, 4) is 0 Å². The van der Waals surface area contributed by atoms with E-state index >= 15 is 0 Å². The van der Waals surface area contributed by atoms with Gasteiger partial charge in [-0.15, -0.1) is 0 Å². The molecule has 0 unspecified atom stereocenters. The highest BCUT2D eigenvalue weighted by Crippen LogP contribution is 2.20. The van der Waals surface area contributed by atoms with E-state index in [2.05, 4.69) is 15.2 Å². The van der Waals surface area contributed by atoms with Gasteiger partial charge in [-0.05, 0) is 41.5 Å². The van der Waals surface area contributed by atoms with Crippen LogP contribution < -0.4 is 0 Å². The molecular weight excluding hydrogens is 278 g/mol. The van der Waals surface area contributed by atoms with Crippen LogP contribution in [0.4, 0.5) is 0 Å². The molecule has 0 fully saturated rings. The lowest BCUT2D eigenvalue weighted by Gasteiger charge is -1.95. The molecule has 0 saturated carbocycles. The molecule has 0 aliphatic rings. The standard InChI is InChI=1S/C17H13N3O2/c21-17(22)8-5-12-3-6-15-14(10-12)16(20-19-15)7-4-13-2-1-9-18-11-13/h1-11H,(H,19,20)(H,21,22)/b7-4+,8-5+. The number of hydrogen-bond acceptors (Lipinski definition) is 3. The first-order valence-electron chi connectivity index (χ1n) is 6.69. The van der Waals surface area contributed by atoms with E-state index < -0.39 is 5.97 Å². The van der Waals surface area contributed by atoms with Gasteiger partial charge in [0, 0.05) is 23.9 Å². The summed E-state index contributed by atoms with van der Waals surface area (Å²) in [7, 11) is 0. The SMILES string of the molecule is O=C(O)/C=C/c1ccc2[nH]nc(/C=C/c3cccnc3)c2c1. The van der Waals surface area contributed by atoms with Crippen LogP contribution in [0, 0.1) is 0 Å². The Balaban J connectivity index is 1.95. The normalized spacial score (nSPS) is 11.6. The highest BCUT2D eigenvalue weighted by atomic mass is 16.4. The second-order valence-corrected chi connectivity index (χ2v) is 4.71. The van der Waals surface area contributed by atoms with Crippen molar-refractivity contribution in [3.05, 3.63) is 65.6 Å². The number of nitrogens with zero attached hydrogens (tertiary/aromatic N) is 2. The number of H-pyrrole nitrogens is 1. The van der Waals surface area contributed by atoms with Crippen molar-refractivity contribution in [2.24, 2.45) is 0 Å². The van der Waals surface area contributed by atoms with Gasteiger partial charge in [-0.1, -0.05) is 18.2 Å². The second-order valence-electron chi connectivity index (χ2n) is 4.71. The lowest BCUT2D eigenvalue weighted by atomic mass is 10.1. The van der Waals surface area contributed by atoms with E-state index in [1.54, 1.807) is 18.5 Å². The zero-order valence-electron chi connectivity index (χ0n) is 11.6. The Labute approximate surface area is 126 Å². The molecule has 2 aromatic heterocycles. The van der Waals surface area contributed by atoms with Gasteiger partial charge in [0.25, 0.3) is 0 Å². The Morgan fingerprint density at radius 3 is 2.82 bits per heavy atom. The van der Waals surface area contributed by atoms with Gasteiger partial charge in [0.1, 0.15) is 0 Å². The van der Waals surface area contributed by atoms with E-state index in [-0.39, 0.29) is 0 Å². The number of nitrogens with one attached hydrogen (secondary N) is 1. The number of carboxylic acids is 1. The molecule has 0 saturated heterocycles. The third-order valence-corrected chi connectivity index (χ3v) is 3.15. The maximum absolute atomic E-state index is 10.6. The molecule has 0 aliphatic carbocycles. The van der Waals surface area contributed by atoms with Gasteiger partial charge in [-0.2, -0.15) is 5.10 Å². The Hall–Kier alpha value is -3.21. The maximum atomic E-state index is 10.6. The summed E-state index contributed by atoms with van der Waals surface area (Å²) in [6.45, 7) is 0. The average molecular weight is 291 g/mol. The summed E-state index contributed by atoms with van der Waals surface area (Å²) < 4.78 is 0. The van der Waals surface area contributed by atoms with Crippen LogP contribution >= 0.6 is 0 Å². The Bertz CT molecular complexity index is 864. The summed E-state index contributed by atoms with van der Waals surface area (Å²) in [5, 5.41) is 16.9. The number of aromatic nitrogens is 3. The monoisotopic (exact) mass is 291 g/mol. The van der Waals surface area contributed by atoms with Crippen molar-refractivity contribution < 1.29 is 9.90 Å². The van der Waals surface area contributed by atoms with Crippen molar-refractivity contribution in [2.75, 3.05) is 0 Å². The summed E-state index contributed by atoms with van der Waals surface area (Å²) in [4.78, 5) is 14.6. The molecule has 3 aromatic rings. The fraction of sp³-hybridized carbons (Fsp3) is 0. The summed E-state index contributed by atoms with van der Waals surface area (Å²) in [6.07, 6.45) is 10.0. The van der Waals surface area contributed by atoms with Gasteiger partial charge in [0.15, 0.2) is 0 Å². The number of rotatable bonds is 4. The van der Waals surface area contributed by atoms with E-state index in [9.17, 15) is 4.79 Å². The molecule has 5 heteroatoms. The minimum atomic E-state index is -0.969. The van der Waals surface area contributed by atoms with E-state index in [0.29, 0.717) is 0 Å². The van der Waals surface area contributed by atoms with Crippen LogP contribution in [-0.4, -0.2) is 26.3 Å². The Morgan fingerprint density at radius 1 is 1.14 bits per heavy atom. The first-order chi connectivity index (χ1) is 10.7. The quantitative estimate of drug-likeness (QED) is 0.723. The van der Waals surface area contributed by atoms with E-state index in [4.69, 9.17) is 5.11 Å². The van der Waals surface area contributed by atoms with Crippen molar-refractivity contribution in [1.82, 2.24) is 15.2 Å². The molecule has 0 radical (unpaired) electrons. The summed E-state index contributed by atoms with van der Waals surface area (Å²) in [6, 6.07) is 9.46. The van der Waals surface area contributed by atoms with Gasteiger partial charge in [-0.25, -0.2) is 4.79 Å². The van der Waals surface area contributed by atoms with Crippen molar-refractivity contribution >= 4 is 35.1 Å². The highest BCUT2D eigenvalue weighted by molar-refractivity contribution is 5.92. The molecule has 0 atom stereocenters. The number of aliphatic carboxylic acids is 1. The molecule has 0 spiro atoms. The fourth-order valence-corrected chi connectivity index (χ4v) is 2.10. The minimum Gasteiger partial charge on any atom is -0.478 e. The molecule has 0 bridgehead atoms. The number of fused-ring (bicyclic) bond motifs is 1. The molecule has 2 N–H and O–H groups in total. The predicted molar refractivity (Wildman–Crippen MR) is 85.9 cm³/mol. The molecule has 2 heterocycles. The number of pyridine rings is 1. The van der Waals surface area contributed by atoms with Crippen molar-refractivity contribution in [1.29, 1.82) is 0 Å². The van der Waals surface area contributed by atoms with E-state index in [0.717, 1.165) is 33.8 Å². The summed E-state index contributed by atoms with van der Waals surface area (Å²) in [5.41, 5.74) is 3.50. The van der Waals surface area contributed by atoms with E-state index in [1.807, 2.05) is 42.5 Å². The van der Waals surface area contributed by atoms with Crippen molar-refractivity contribution in [2.45, 2.75) is 0 Å². The molecule has 0 aliphatic heterocycles. The Kier molecular flexibility index (Phi) is 3.78. The number of carboxylic acid groups (broad SMARTS) is 1. The molecule has 5 nitrogen and oxygen atoms in total. The third-order valence-electron chi connectivity index (χ3n) is 3.15. The highest BCUT2D eigenvalue weighted by Gasteiger charge is 2.03. The van der Waals surface area contributed by atoms with Gasteiger partial charge in [-0.3, -0.25) is 10.1 Å². The number of hydrogen-bond donors (Lipinski definition) is 2. The third kappa shape index (κ3) is 3.09. The number of aromatic amines is 1. The average Bonchev–Trinajstić information content (AvgIpc) is 2.94. The lowest BCUT2D eigenvalue weighted by molar-refractivity contribution is -0.131. The first-order valence-corrected chi connectivity index (χ1v) is 6.69. The largest absolute Gasteiger partial charge is 0.478 e. The fourth-order valence-electron chi connectivity index (χ4n) is 2.10. The minimum absolute atomic E-state index is 0.796. The summed E-state index contributed by atoms with van der Waals surface area (Å²) >= 11 is 0. The number of carbonyl (C=O) groups is 1. The van der Waals surface area contributed by atoms with Crippen LogP contribution in [0.25, 0.3) is 29.1 Å². The van der Waals surface area contributed by atoms with Gasteiger partial charge < -0.3 is 5.11 Å². The maximum Gasteiger partial charge on any atom is 0.328 e. The van der Waals surface area contributed by atoms with Crippen LogP contribution in [-0.2, 0) is 4.79 Å². The molecule has 0 amide bonds. The van der Waals surface area contributed by atoms with Crippen LogP contribution in [0.2, 0.25) is 0 Å². The van der Waals surface area contributed by atoms with Gasteiger partial charge in [0.05, 0.1) is 11.2 Å². The smallest absolute Gasteiger partial charge is 0.328 e. The zero-order valence-corrected chi connectivity index (χ0v) is 11.6. The number of benzene rings is 1.